The molecule has 2 aliphatic rings. The molecule has 144 valence electrons. The molecule has 0 N–H and O–H groups in total. The lowest BCUT2D eigenvalue weighted by molar-refractivity contribution is -0.0726. The number of likely N-dealkylation sites (N-methyl/N-ethyl adjacent to an activating group) is 1. The summed E-state index contributed by atoms with van der Waals surface area (Å²) in [7, 11) is 8.19. The Morgan fingerprint density at radius 3 is 2.24 bits per heavy atom. The number of hydrogen-bond donors (Lipinski definition) is 0. The molecule has 0 aromatic rings. The zero-order chi connectivity index (χ0) is 18.6. The van der Waals surface area contributed by atoms with Gasteiger partial charge in [0, 0.05) is 45.3 Å². The van der Waals surface area contributed by atoms with Crippen molar-refractivity contribution in [2.75, 3.05) is 67.6 Å². The van der Waals surface area contributed by atoms with Crippen LogP contribution < -0.4 is 0 Å². The summed E-state index contributed by atoms with van der Waals surface area (Å²) in [5.41, 5.74) is 0. The van der Waals surface area contributed by atoms with Gasteiger partial charge in [-0.2, -0.15) is 0 Å². The molecule has 0 radical (unpaired) electrons. The smallest absolute Gasteiger partial charge is 0.345 e. The van der Waals surface area contributed by atoms with Crippen LogP contribution in [0.1, 0.15) is 0 Å². The molecular formula is C14H32B2N3O5P. The van der Waals surface area contributed by atoms with Crippen LogP contribution in [0.5, 0.6) is 0 Å². The molecule has 2 aliphatic heterocycles. The molecule has 2 heterocycles. The first-order valence-electron chi connectivity index (χ1n) is 8.90. The Hall–Kier alpha value is 0.0799. The van der Waals surface area contributed by atoms with Gasteiger partial charge >= 0.3 is 7.67 Å². The van der Waals surface area contributed by atoms with Gasteiger partial charge in [0.05, 0.1) is 25.4 Å². The van der Waals surface area contributed by atoms with E-state index < -0.39 is 7.67 Å². The zero-order valence-electron chi connectivity index (χ0n) is 16.4. The van der Waals surface area contributed by atoms with Crippen LogP contribution in [-0.2, 0) is 23.3 Å². The van der Waals surface area contributed by atoms with Gasteiger partial charge in [-0.15, -0.1) is 0 Å². The Balaban J connectivity index is 2.03. The minimum absolute atomic E-state index is 0.0251. The van der Waals surface area contributed by atoms with Crippen molar-refractivity contribution in [3.63, 3.8) is 0 Å². The van der Waals surface area contributed by atoms with E-state index >= 15 is 0 Å². The SMILES string of the molecule is BC1CN(C)CC(COP(=O)(N(C)C)N2CC(B)OC(COC)C2)O1. The fourth-order valence-corrected chi connectivity index (χ4v) is 5.59. The summed E-state index contributed by atoms with van der Waals surface area (Å²) in [6.45, 7) is 3.56. The molecule has 0 amide bonds. The topological polar surface area (TPSA) is 63.7 Å². The number of hydrogen-bond acceptors (Lipinski definition) is 6. The van der Waals surface area contributed by atoms with Gasteiger partial charge in [-0.25, -0.2) is 9.34 Å². The molecule has 2 saturated heterocycles. The van der Waals surface area contributed by atoms with E-state index in [-0.39, 0.29) is 24.2 Å². The lowest BCUT2D eigenvalue weighted by atomic mass is 9.98. The van der Waals surface area contributed by atoms with Gasteiger partial charge in [0.15, 0.2) is 0 Å². The van der Waals surface area contributed by atoms with Gasteiger partial charge in [0.25, 0.3) is 0 Å². The van der Waals surface area contributed by atoms with Gasteiger partial charge in [0.1, 0.15) is 15.7 Å². The van der Waals surface area contributed by atoms with Crippen LogP contribution in [0.4, 0.5) is 0 Å². The lowest BCUT2D eigenvalue weighted by Gasteiger charge is -2.43. The van der Waals surface area contributed by atoms with E-state index in [1.54, 1.807) is 25.9 Å². The van der Waals surface area contributed by atoms with Gasteiger partial charge in [-0.1, -0.05) is 0 Å². The van der Waals surface area contributed by atoms with Crippen molar-refractivity contribution in [3.05, 3.63) is 0 Å². The highest BCUT2D eigenvalue weighted by Crippen LogP contribution is 2.53. The molecule has 0 aromatic heterocycles. The summed E-state index contributed by atoms with van der Waals surface area (Å²) >= 11 is 0. The highest BCUT2D eigenvalue weighted by Gasteiger charge is 2.41. The fourth-order valence-electron chi connectivity index (χ4n) is 3.50. The number of ether oxygens (including phenoxy) is 3. The molecule has 5 unspecified atom stereocenters. The summed E-state index contributed by atoms with van der Waals surface area (Å²) in [4.78, 5) is 2.22. The first kappa shape index (κ1) is 21.4. The zero-order valence-corrected chi connectivity index (χ0v) is 17.3. The van der Waals surface area contributed by atoms with Crippen molar-refractivity contribution in [1.29, 1.82) is 0 Å². The van der Waals surface area contributed by atoms with Gasteiger partial charge in [-0.05, 0) is 21.1 Å². The molecule has 2 rings (SSSR count). The number of nitrogens with zero attached hydrogens (tertiary/aromatic N) is 3. The second-order valence-corrected chi connectivity index (χ2v) is 9.92. The second kappa shape index (κ2) is 9.33. The fraction of sp³-hybridized carbons (Fsp3) is 1.00. The molecule has 0 bridgehead atoms. The summed E-state index contributed by atoms with van der Waals surface area (Å²) in [6.07, 6.45) is -0.182. The summed E-state index contributed by atoms with van der Waals surface area (Å²) < 4.78 is 40.2. The summed E-state index contributed by atoms with van der Waals surface area (Å²) in [6, 6.07) is 0.128. The lowest BCUT2D eigenvalue weighted by Crippen LogP contribution is -2.50. The third-order valence-corrected chi connectivity index (χ3v) is 7.00. The molecular weight excluding hydrogens is 343 g/mol. The van der Waals surface area contributed by atoms with E-state index in [1.165, 1.54) is 0 Å². The first-order valence-corrected chi connectivity index (χ1v) is 10.4. The Kier molecular flexibility index (Phi) is 7.98. The normalized spacial score (nSPS) is 34.9. The standard InChI is InChI=1S/C14H32B2N3O5P/c1-17(2)25(20,19-6-12(9-21-4)24-14(16)8-19)22-10-11-5-18(3)7-13(15)23-11/h11-14H,5-10,15-16H2,1-4H3. The molecule has 25 heavy (non-hydrogen) atoms. The average molecular weight is 375 g/mol. The van der Waals surface area contributed by atoms with Crippen LogP contribution in [0.3, 0.4) is 0 Å². The predicted molar refractivity (Wildman–Crippen MR) is 103 cm³/mol. The number of methoxy groups -OCH3 is 1. The minimum atomic E-state index is -3.14. The van der Waals surface area contributed by atoms with Crippen LogP contribution in [0.15, 0.2) is 0 Å². The van der Waals surface area contributed by atoms with Crippen molar-refractivity contribution >= 4 is 23.4 Å². The molecule has 0 saturated carbocycles. The third-order valence-electron chi connectivity index (χ3n) is 4.46. The molecule has 5 atom stereocenters. The van der Waals surface area contributed by atoms with E-state index in [9.17, 15) is 4.57 Å². The summed E-state index contributed by atoms with van der Waals surface area (Å²) in [5.74, 6) is 0. The van der Waals surface area contributed by atoms with E-state index in [0.29, 0.717) is 26.3 Å². The van der Waals surface area contributed by atoms with Crippen molar-refractivity contribution in [2.24, 2.45) is 0 Å². The molecule has 0 aliphatic carbocycles. The van der Waals surface area contributed by atoms with Crippen LogP contribution >= 0.6 is 7.67 Å². The maximum absolute atomic E-state index is 13.6. The minimum Gasteiger partial charge on any atom is -0.382 e. The Labute approximate surface area is 153 Å². The van der Waals surface area contributed by atoms with Crippen LogP contribution in [-0.4, -0.2) is 122 Å². The van der Waals surface area contributed by atoms with Crippen molar-refractivity contribution in [3.8, 4) is 0 Å². The van der Waals surface area contributed by atoms with Crippen molar-refractivity contribution in [2.45, 2.75) is 24.2 Å². The van der Waals surface area contributed by atoms with E-state index in [2.05, 4.69) is 11.9 Å². The third kappa shape index (κ3) is 5.78. The van der Waals surface area contributed by atoms with Crippen molar-refractivity contribution in [1.82, 2.24) is 14.2 Å². The Morgan fingerprint density at radius 1 is 1.08 bits per heavy atom. The summed E-state index contributed by atoms with van der Waals surface area (Å²) in [5, 5.41) is 0. The van der Waals surface area contributed by atoms with E-state index in [4.69, 9.17) is 18.7 Å². The quantitative estimate of drug-likeness (QED) is 0.385. The van der Waals surface area contributed by atoms with E-state index in [0.717, 1.165) is 13.1 Å². The highest BCUT2D eigenvalue weighted by molar-refractivity contribution is 7.53. The average Bonchev–Trinajstić information content (AvgIpc) is 2.51. The monoisotopic (exact) mass is 375 g/mol. The van der Waals surface area contributed by atoms with Gasteiger partial charge in [-0.3, -0.25) is 4.57 Å². The molecule has 0 spiro atoms. The Morgan fingerprint density at radius 2 is 1.68 bits per heavy atom. The van der Waals surface area contributed by atoms with Gasteiger partial charge < -0.3 is 23.6 Å². The van der Waals surface area contributed by atoms with Crippen LogP contribution in [0.2, 0.25) is 0 Å². The number of rotatable bonds is 7. The van der Waals surface area contributed by atoms with Crippen LogP contribution in [0.25, 0.3) is 0 Å². The van der Waals surface area contributed by atoms with Crippen molar-refractivity contribution < 1.29 is 23.3 Å². The largest absolute Gasteiger partial charge is 0.382 e. The maximum Gasteiger partial charge on any atom is 0.345 e. The first-order chi connectivity index (χ1) is 11.7. The van der Waals surface area contributed by atoms with Crippen LogP contribution in [0, 0.1) is 0 Å². The second-order valence-electron chi connectivity index (χ2n) is 7.32. The highest BCUT2D eigenvalue weighted by atomic mass is 31.2. The molecule has 0 aromatic carbocycles. The Bertz CT molecular complexity index is 466. The predicted octanol–water partition coefficient (Wildman–Crippen LogP) is -1.73. The van der Waals surface area contributed by atoms with E-state index in [1.807, 2.05) is 20.4 Å². The molecule has 11 heteroatoms. The maximum atomic E-state index is 13.6. The van der Waals surface area contributed by atoms with Gasteiger partial charge in [0.2, 0.25) is 0 Å². The molecule has 2 fully saturated rings. The molecule has 8 nitrogen and oxygen atoms in total. The number of morpholine rings is 2.